The van der Waals surface area contributed by atoms with E-state index in [1.165, 1.54) is 0 Å². The van der Waals surface area contributed by atoms with Crippen LogP contribution in [0.25, 0.3) is 10.9 Å². The molecule has 4 aromatic rings. The van der Waals surface area contributed by atoms with Gasteiger partial charge in [-0.25, -0.2) is 9.37 Å². The van der Waals surface area contributed by atoms with Gasteiger partial charge in [0.15, 0.2) is 11.6 Å². The number of hydrogen-bond donors (Lipinski definition) is 2. The molecule has 0 radical (unpaired) electrons. The molecule has 0 aliphatic rings. The lowest BCUT2D eigenvalue weighted by atomic mass is 10.2. The van der Waals surface area contributed by atoms with Crippen LogP contribution in [0.3, 0.4) is 0 Å². The van der Waals surface area contributed by atoms with E-state index in [9.17, 15) is 9.18 Å². The molecular weight excluding hydrogens is 470 g/mol. The number of fused-ring (bicyclic) bond motifs is 1. The predicted molar refractivity (Wildman–Crippen MR) is 126 cm³/mol. The van der Waals surface area contributed by atoms with Gasteiger partial charge in [0.05, 0.1) is 41.3 Å². The fourth-order valence-electron chi connectivity index (χ4n) is 3.06. The molecule has 0 aliphatic carbocycles. The van der Waals surface area contributed by atoms with Gasteiger partial charge < -0.3 is 15.4 Å². The molecule has 4 rings (SSSR count). The van der Waals surface area contributed by atoms with Crippen LogP contribution in [-0.2, 0) is 16.1 Å². The van der Waals surface area contributed by atoms with Gasteiger partial charge in [-0.2, -0.15) is 10.1 Å². The Labute approximate surface area is 198 Å². The minimum absolute atomic E-state index is 0.0150. The summed E-state index contributed by atoms with van der Waals surface area (Å²) in [5.74, 6) is -0.699. The van der Waals surface area contributed by atoms with Gasteiger partial charge in [-0.1, -0.05) is 23.2 Å². The first kappa shape index (κ1) is 22.8. The zero-order valence-corrected chi connectivity index (χ0v) is 19.0. The highest BCUT2D eigenvalue weighted by molar-refractivity contribution is 6.42. The number of nitrogens with zero attached hydrogens (tertiary/aromatic N) is 4. The highest BCUT2D eigenvalue weighted by Crippen LogP contribution is 2.28. The molecule has 0 unspecified atom stereocenters. The highest BCUT2D eigenvalue weighted by atomic mass is 35.5. The van der Waals surface area contributed by atoms with Gasteiger partial charge >= 0.3 is 5.97 Å². The van der Waals surface area contributed by atoms with E-state index >= 15 is 0 Å². The average molecular weight is 489 g/mol. The summed E-state index contributed by atoms with van der Waals surface area (Å²) < 4.78 is 20.9. The lowest BCUT2D eigenvalue weighted by molar-refractivity contribution is -0.143. The zero-order valence-electron chi connectivity index (χ0n) is 17.5. The number of rotatable bonds is 8. The van der Waals surface area contributed by atoms with Gasteiger partial charge in [0.1, 0.15) is 0 Å². The smallest absolute Gasteiger partial charge is 0.307 e. The predicted octanol–water partition coefficient (Wildman–Crippen LogP) is 5.71. The second-order valence-electron chi connectivity index (χ2n) is 6.99. The third-order valence-electron chi connectivity index (χ3n) is 4.58. The van der Waals surface area contributed by atoms with Crippen molar-refractivity contribution in [2.24, 2.45) is 0 Å². The maximum Gasteiger partial charge on any atom is 0.307 e. The van der Waals surface area contributed by atoms with Crippen molar-refractivity contribution in [3.8, 4) is 0 Å². The van der Waals surface area contributed by atoms with E-state index in [2.05, 4.69) is 25.7 Å². The van der Waals surface area contributed by atoms with Crippen molar-refractivity contribution in [3.05, 3.63) is 64.7 Å². The fraction of sp³-hybridized carbons (Fsp3) is 0.182. The molecule has 0 aliphatic heterocycles. The summed E-state index contributed by atoms with van der Waals surface area (Å²) >= 11 is 11.9. The Morgan fingerprint density at radius 2 is 1.91 bits per heavy atom. The molecule has 0 saturated heterocycles. The Kier molecular flexibility index (Phi) is 6.90. The third kappa shape index (κ3) is 5.68. The van der Waals surface area contributed by atoms with Gasteiger partial charge in [0.25, 0.3) is 0 Å². The van der Waals surface area contributed by atoms with Gasteiger partial charge in [-0.3, -0.25) is 9.48 Å². The minimum atomic E-state index is -0.620. The first-order valence-electron chi connectivity index (χ1n) is 10.1. The Bertz CT molecular complexity index is 1310. The molecule has 0 bridgehead atoms. The summed E-state index contributed by atoms with van der Waals surface area (Å²) in [4.78, 5) is 19.8. The molecule has 0 fully saturated rings. The third-order valence-corrected chi connectivity index (χ3v) is 5.32. The van der Waals surface area contributed by atoms with Gasteiger partial charge in [0.2, 0.25) is 5.95 Å². The van der Waals surface area contributed by atoms with E-state index < -0.39 is 5.82 Å². The molecule has 2 aromatic carbocycles. The van der Waals surface area contributed by atoms with E-state index in [1.54, 1.807) is 29.8 Å². The lowest BCUT2D eigenvalue weighted by Gasteiger charge is -2.10. The summed E-state index contributed by atoms with van der Waals surface area (Å²) in [5, 5.41) is 12.0. The van der Waals surface area contributed by atoms with Crippen LogP contribution < -0.4 is 10.6 Å². The van der Waals surface area contributed by atoms with Crippen molar-refractivity contribution in [2.75, 3.05) is 17.2 Å². The monoisotopic (exact) mass is 488 g/mol. The number of anilines is 4. The Balaban J connectivity index is 1.48. The number of carbonyl (C=O) groups is 1. The maximum atomic E-state index is 14.2. The first-order chi connectivity index (χ1) is 15.9. The van der Waals surface area contributed by atoms with Crippen LogP contribution in [0.15, 0.2) is 48.8 Å². The van der Waals surface area contributed by atoms with Crippen LogP contribution in [0.2, 0.25) is 10.0 Å². The molecule has 8 nitrogen and oxygen atoms in total. The molecule has 33 heavy (non-hydrogen) atoms. The Hall–Kier alpha value is -3.43. The summed E-state index contributed by atoms with van der Waals surface area (Å²) in [6.07, 6.45) is 3.15. The van der Waals surface area contributed by atoms with Crippen molar-refractivity contribution >= 4 is 63.2 Å². The molecular formula is C22H19Cl2FN6O2. The van der Waals surface area contributed by atoms with Crippen molar-refractivity contribution in [1.29, 1.82) is 0 Å². The molecule has 0 spiro atoms. The second kappa shape index (κ2) is 10.0. The number of nitrogens with one attached hydrogen (secondary N) is 2. The quantitative estimate of drug-likeness (QED) is 0.306. The largest absolute Gasteiger partial charge is 0.466 e. The molecule has 0 saturated carbocycles. The number of halogens is 3. The fourth-order valence-corrected chi connectivity index (χ4v) is 3.36. The second-order valence-corrected chi connectivity index (χ2v) is 7.80. The summed E-state index contributed by atoms with van der Waals surface area (Å²) in [6, 6.07) is 10.3. The zero-order chi connectivity index (χ0) is 23.4. The summed E-state index contributed by atoms with van der Waals surface area (Å²) in [6.45, 7) is 2.54. The molecule has 170 valence electrons. The Morgan fingerprint density at radius 3 is 2.70 bits per heavy atom. The van der Waals surface area contributed by atoms with E-state index in [1.807, 2.05) is 24.4 Å². The summed E-state index contributed by atoms with van der Waals surface area (Å²) in [7, 11) is 0. The van der Waals surface area contributed by atoms with E-state index in [4.69, 9.17) is 27.9 Å². The van der Waals surface area contributed by atoms with E-state index in [-0.39, 0.29) is 24.2 Å². The molecule has 11 heteroatoms. The average Bonchev–Trinajstić information content (AvgIpc) is 3.20. The number of hydrogen-bond acceptors (Lipinski definition) is 7. The van der Waals surface area contributed by atoms with Crippen LogP contribution in [0.4, 0.5) is 27.5 Å². The number of aryl methyl sites for hydroxylation is 1. The lowest BCUT2D eigenvalue weighted by Crippen LogP contribution is -2.09. The van der Waals surface area contributed by atoms with Crippen LogP contribution in [0, 0.1) is 5.82 Å². The first-order valence-corrected chi connectivity index (χ1v) is 10.8. The normalized spacial score (nSPS) is 10.9. The highest BCUT2D eigenvalue weighted by Gasteiger charge is 2.10. The summed E-state index contributed by atoms with van der Waals surface area (Å²) in [5.41, 5.74) is 2.00. The number of aromatic nitrogens is 4. The van der Waals surface area contributed by atoms with Crippen molar-refractivity contribution < 1.29 is 13.9 Å². The topological polar surface area (TPSA) is 94.0 Å². The number of carbonyl (C=O) groups excluding carboxylic acids is 1. The van der Waals surface area contributed by atoms with Crippen LogP contribution >= 0.6 is 23.2 Å². The Morgan fingerprint density at radius 1 is 1.12 bits per heavy atom. The van der Waals surface area contributed by atoms with Gasteiger partial charge in [-0.05, 0) is 43.3 Å². The van der Waals surface area contributed by atoms with E-state index in [0.717, 1.165) is 17.1 Å². The van der Waals surface area contributed by atoms with E-state index in [0.29, 0.717) is 34.6 Å². The van der Waals surface area contributed by atoms with Crippen LogP contribution in [0.1, 0.15) is 13.3 Å². The van der Waals surface area contributed by atoms with Crippen LogP contribution in [0.5, 0.6) is 0 Å². The minimum Gasteiger partial charge on any atom is -0.466 e. The molecule has 0 atom stereocenters. The van der Waals surface area contributed by atoms with Crippen molar-refractivity contribution in [1.82, 2.24) is 19.7 Å². The molecule has 0 amide bonds. The van der Waals surface area contributed by atoms with Crippen LogP contribution in [-0.4, -0.2) is 32.3 Å². The molecule has 2 aromatic heterocycles. The standard InChI is InChI=1S/C22H19Cl2FN6O2/c1-2-33-20(32)7-8-31-12-13-9-14(4-6-19(13)30-31)28-22-26-11-18(25)21(29-22)27-15-3-5-16(23)17(24)10-15/h3-6,9-12H,2,7-8H2,1H3,(H2,26,27,28,29). The van der Waals surface area contributed by atoms with Gasteiger partial charge in [0, 0.05) is 23.0 Å². The SMILES string of the molecule is CCOC(=O)CCn1cc2cc(Nc3ncc(F)c(Nc4ccc(Cl)c(Cl)c4)n3)ccc2n1. The number of ether oxygens (including phenoxy) is 1. The van der Waals surface area contributed by atoms with Gasteiger partial charge in [-0.15, -0.1) is 0 Å². The van der Waals surface area contributed by atoms with Crippen molar-refractivity contribution in [3.63, 3.8) is 0 Å². The maximum absolute atomic E-state index is 14.2. The number of benzene rings is 2. The molecule has 2 N–H and O–H groups in total. The van der Waals surface area contributed by atoms with Crippen molar-refractivity contribution in [2.45, 2.75) is 19.9 Å². The number of esters is 1. The molecule has 2 heterocycles.